The number of aryl methyl sites for hydroxylation is 2. The number of para-hydroxylation sites is 1. The highest BCUT2D eigenvalue weighted by Crippen LogP contribution is 2.47. The van der Waals surface area contributed by atoms with Crippen molar-refractivity contribution >= 4 is 28.6 Å². The van der Waals surface area contributed by atoms with Gasteiger partial charge < -0.3 is 9.47 Å². The maximum Gasteiger partial charge on any atom is 0.261 e. The van der Waals surface area contributed by atoms with Gasteiger partial charge in [-0.15, -0.1) is 0 Å². The molecular weight excluding hydrogens is 560 g/mol. The summed E-state index contributed by atoms with van der Waals surface area (Å²) in [5.74, 6) is -0.792. The minimum Gasteiger partial charge on any atom is -0.343 e. The van der Waals surface area contributed by atoms with Crippen molar-refractivity contribution in [2.75, 3.05) is 0 Å². The van der Waals surface area contributed by atoms with E-state index < -0.39 is 18.0 Å². The van der Waals surface area contributed by atoms with Crippen LogP contribution in [0.3, 0.4) is 0 Å². The number of hydrazine groups is 1. The Bertz CT molecular complexity index is 1850. The van der Waals surface area contributed by atoms with Gasteiger partial charge in [-0.3, -0.25) is 25.2 Å². The van der Waals surface area contributed by atoms with Crippen LogP contribution in [0.5, 0.6) is 0 Å². The van der Waals surface area contributed by atoms with Crippen LogP contribution in [0.25, 0.3) is 22.2 Å². The monoisotopic (exact) mass is 598 g/mol. The molecule has 0 saturated heterocycles. The molecular formula is C38H38N4O3. The third-order valence-corrected chi connectivity index (χ3v) is 8.61. The summed E-state index contributed by atoms with van der Waals surface area (Å²) < 4.78 is 2.17. The molecule has 0 aliphatic carbocycles. The molecule has 2 heterocycles. The first-order chi connectivity index (χ1) is 21.8. The summed E-state index contributed by atoms with van der Waals surface area (Å²) in [7, 11) is 2.05. The van der Waals surface area contributed by atoms with E-state index in [-0.39, 0.29) is 24.2 Å². The topological polar surface area (TPSA) is 83.4 Å². The quantitative estimate of drug-likeness (QED) is 0.188. The molecule has 7 heteroatoms. The van der Waals surface area contributed by atoms with Crippen LogP contribution < -0.4 is 10.9 Å². The number of rotatable bonds is 9. The molecule has 228 valence electrons. The van der Waals surface area contributed by atoms with E-state index in [2.05, 4.69) is 39.7 Å². The molecule has 1 aromatic heterocycles. The van der Waals surface area contributed by atoms with Gasteiger partial charge in [-0.05, 0) is 47.6 Å². The largest absolute Gasteiger partial charge is 0.343 e. The van der Waals surface area contributed by atoms with Crippen molar-refractivity contribution in [3.63, 3.8) is 0 Å². The van der Waals surface area contributed by atoms with E-state index in [4.69, 9.17) is 0 Å². The number of benzene rings is 4. The molecule has 7 nitrogen and oxygen atoms in total. The number of aromatic nitrogens is 1. The van der Waals surface area contributed by atoms with Gasteiger partial charge in [-0.25, -0.2) is 0 Å². The van der Waals surface area contributed by atoms with Gasteiger partial charge in [0.1, 0.15) is 6.04 Å². The number of hydrogen-bond donors (Lipinski definition) is 2. The second-order valence-electron chi connectivity index (χ2n) is 12.1. The lowest BCUT2D eigenvalue weighted by Gasteiger charge is -2.34. The normalized spacial score (nSPS) is 14.9. The van der Waals surface area contributed by atoms with E-state index in [0.29, 0.717) is 18.4 Å². The van der Waals surface area contributed by atoms with Crippen LogP contribution in [0, 0.1) is 5.92 Å². The summed E-state index contributed by atoms with van der Waals surface area (Å²) in [5.41, 5.74) is 11.8. The molecule has 2 N–H and O–H groups in total. The Balaban J connectivity index is 1.40. The third kappa shape index (κ3) is 5.86. The van der Waals surface area contributed by atoms with E-state index in [9.17, 15) is 14.4 Å². The standard InChI is InChI=1S/C38H38N4O3/c1-25(2)24-32(37(44)40-39-33(43)23-22-26-14-6-4-7-15-26)42-36(28-18-10-11-19-29(28)38(42)45)34-30-20-12-13-21-31(30)41(3)35(34)27-16-8-5-9-17-27/h4-21,25,32,36H,22-24H2,1-3H3,(H,39,43)(H,40,44). The number of fused-ring (bicyclic) bond motifs is 2. The summed E-state index contributed by atoms with van der Waals surface area (Å²) in [6.07, 6.45) is 1.21. The predicted octanol–water partition coefficient (Wildman–Crippen LogP) is 6.59. The number of hydrogen-bond acceptors (Lipinski definition) is 3. The summed E-state index contributed by atoms with van der Waals surface area (Å²) >= 11 is 0. The van der Waals surface area contributed by atoms with Gasteiger partial charge >= 0.3 is 0 Å². The number of carbonyl (C=O) groups excluding carboxylic acids is 3. The number of carbonyl (C=O) groups is 3. The van der Waals surface area contributed by atoms with Crippen LogP contribution in [-0.2, 0) is 23.1 Å². The third-order valence-electron chi connectivity index (χ3n) is 8.61. The summed E-state index contributed by atoms with van der Waals surface area (Å²) in [6.45, 7) is 4.07. The Labute approximate surface area is 263 Å². The van der Waals surface area contributed by atoms with Gasteiger partial charge in [0.05, 0.1) is 11.7 Å². The van der Waals surface area contributed by atoms with Gasteiger partial charge in [0.2, 0.25) is 5.91 Å². The first-order valence-electron chi connectivity index (χ1n) is 15.5. The molecule has 1 aliphatic heterocycles. The van der Waals surface area contributed by atoms with Crippen LogP contribution in [0.1, 0.15) is 59.8 Å². The maximum absolute atomic E-state index is 14.3. The van der Waals surface area contributed by atoms with Crippen molar-refractivity contribution in [2.45, 2.75) is 45.2 Å². The Morgan fingerprint density at radius 1 is 0.800 bits per heavy atom. The Kier molecular flexibility index (Phi) is 8.52. The van der Waals surface area contributed by atoms with E-state index >= 15 is 0 Å². The minimum atomic E-state index is -0.827. The van der Waals surface area contributed by atoms with Crippen molar-refractivity contribution in [2.24, 2.45) is 13.0 Å². The van der Waals surface area contributed by atoms with E-state index in [1.165, 1.54) is 0 Å². The highest BCUT2D eigenvalue weighted by Gasteiger charge is 2.46. The molecule has 4 aromatic carbocycles. The van der Waals surface area contributed by atoms with Gasteiger partial charge in [0, 0.05) is 35.5 Å². The fraction of sp³-hybridized carbons (Fsp3) is 0.237. The fourth-order valence-corrected chi connectivity index (χ4v) is 6.57. The van der Waals surface area contributed by atoms with Crippen LogP contribution in [-0.4, -0.2) is 33.2 Å². The first-order valence-corrected chi connectivity index (χ1v) is 15.5. The lowest BCUT2D eigenvalue weighted by Crippen LogP contribution is -2.54. The van der Waals surface area contributed by atoms with Gasteiger partial charge in [0.15, 0.2) is 0 Å². The zero-order valence-corrected chi connectivity index (χ0v) is 25.9. The van der Waals surface area contributed by atoms with Gasteiger partial charge in [-0.2, -0.15) is 0 Å². The van der Waals surface area contributed by atoms with Crippen LogP contribution in [0.4, 0.5) is 0 Å². The molecule has 0 fully saturated rings. The molecule has 45 heavy (non-hydrogen) atoms. The molecule has 1 aliphatic rings. The average Bonchev–Trinajstić information content (AvgIpc) is 3.52. The van der Waals surface area contributed by atoms with Crippen molar-refractivity contribution in [1.29, 1.82) is 0 Å². The summed E-state index contributed by atoms with van der Waals surface area (Å²) in [5, 5.41) is 1.02. The van der Waals surface area contributed by atoms with Crippen LogP contribution >= 0.6 is 0 Å². The van der Waals surface area contributed by atoms with Crippen molar-refractivity contribution in [1.82, 2.24) is 20.3 Å². The number of nitrogens with zero attached hydrogens (tertiary/aromatic N) is 2. The van der Waals surface area contributed by atoms with Crippen molar-refractivity contribution in [3.8, 4) is 11.3 Å². The average molecular weight is 599 g/mol. The molecule has 6 rings (SSSR count). The molecule has 0 bridgehead atoms. The zero-order chi connectivity index (χ0) is 31.5. The van der Waals surface area contributed by atoms with Crippen LogP contribution in [0.15, 0.2) is 109 Å². The smallest absolute Gasteiger partial charge is 0.261 e. The minimum absolute atomic E-state index is 0.104. The Hall–Kier alpha value is -5.17. The molecule has 0 radical (unpaired) electrons. The van der Waals surface area contributed by atoms with E-state index in [0.717, 1.165) is 38.9 Å². The second-order valence-corrected chi connectivity index (χ2v) is 12.1. The van der Waals surface area contributed by atoms with Crippen LogP contribution in [0.2, 0.25) is 0 Å². The van der Waals surface area contributed by atoms with Crippen molar-refractivity contribution < 1.29 is 14.4 Å². The summed E-state index contributed by atoms with van der Waals surface area (Å²) in [4.78, 5) is 42.9. The fourth-order valence-electron chi connectivity index (χ4n) is 6.57. The first kappa shape index (κ1) is 29.9. The molecule has 2 atom stereocenters. The lowest BCUT2D eigenvalue weighted by molar-refractivity contribution is -0.132. The van der Waals surface area contributed by atoms with Gasteiger partial charge in [-0.1, -0.05) is 111 Å². The Morgan fingerprint density at radius 2 is 1.44 bits per heavy atom. The van der Waals surface area contributed by atoms with E-state index in [1.807, 2.05) is 106 Å². The lowest BCUT2D eigenvalue weighted by atomic mass is 9.91. The van der Waals surface area contributed by atoms with E-state index in [1.54, 1.807) is 4.90 Å². The molecule has 0 spiro atoms. The highest BCUT2D eigenvalue weighted by molar-refractivity contribution is 6.04. The molecule has 2 unspecified atom stereocenters. The molecule has 0 saturated carbocycles. The highest BCUT2D eigenvalue weighted by atomic mass is 16.2. The summed E-state index contributed by atoms with van der Waals surface area (Å²) in [6, 6.07) is 34.4. The molecule has 5 aromatic rings. The van der Waals surface area contributed by atoms with Gasteiger partial charge in [0.25, 0.3) is 11.8 Å². The Morgan fingerprint density at radius 3 is 2.18 bits per heavy atom. The molecule has 3 amide bonds. The second kappa shape index (κ2) is 12.8. The zero-order valence-electron chi connectivity index (χ0n) is 25.9. The predicted molar refractivity (Wildman–Crippen MR) is 177 cm³/mol. The number of amides is 3. The van der Waals surface area contributed by atoms with Crippen molar-refractivity contribution in [3.05, 3.63) is 131 Å². The SMILES string of the molecule is CC(C)CC(C(=O)NNC(=O)CCc1ccccc1)N1C(=O)c2ccccc2C1c1c(-c2ccccc2)n(C)c2ccccc12. The maximum atomic E-state index is 14.3. The number of nitrogens with one attached hydrogen (secondary N) is 2.